The Labute approximate surface area is 185 Å². The molecular formula is C24H23N3OS2. The largest absolute Gasteiger partial charge is 0.336 e. The van der Waals surface area contributed by atoms with Gasteiger partial charge >= 0.3 is 0 Å². The molecule has 30 heavy (non-hydrogen) atoms. The van der Waals surface area contributed by atoms with Gasteiger partial charge in [-0.2, -0.15) is 5.26 Å². The number of carbonyl (C=O) groups is 1. The highest BCUT2D eigenvalue weighted by atomic mass is 32.2. The van der Waals surface area contributed by atoms with Crippen molar-refractivity contribution in [1.29, 1.82) is 5.26 Å². The SMILES string of the molecule is N#CC(c1ccccc1)N1CCN(C(=O)c2ccccc2SCc2cccs2)CC1. The summed E-state index contributed by atoms with van der Waals surface area (Å²) in [6.07, 6.45) is 0. The number of rotatable bonds is 6. The van der Waals surface area contributed by atoms with Gasteiger partial charge in [0.2, 0.25) is 0 Å². The number of thioether (sulfide) groups is 1. The summed E-state index contributed by atoms with van der Waals surface area (Å²) < 4.78 is 0. The molecule has 4 nitrogen and oxygen atoms in total. The number of nitrogens with zero attached hydrogens (tertiary/aromatic N) is 3. The lowest BCUT2D eigenvalue weighted by atomic mass is 10.1. The van der Waals surface area contributed by atoms with E-state index in [1.165, 1.54) is 4.88 Å². The van der Waals surface area contributed by atoms with Crippen LogP contribution in [0.5, 0.6) is 0 Å². The summed E-state index contributed by atoms with van der Waals surface area (Å²) in [4.78, 5) is 19.6. The molecule has 1 atom stereocenters. The van der Waals surface area contributed by atoms with Gasteiger partial charge in [-0.05, 0) is 29.1 Å². The lowest BCUT2D eigenvalue weighted by Gasteiger charge is -2.37. The Morgan fingerprint density at radius 3 is 2.43 bits per heavy atom. The van der Waals surface area contributed by atoms with Gasteiger partial charge in [-0.3, -0.25) is 9.69 Å². The minimum absolute atomic E-state index is 0.0807. The van der Waals surface area contributed by atoms with Crippen molar-refractivity contribution in [2.45, 2.75) is 16.7 Å². The average Bonchev–Trinajstić information content (AvgIpc) is 3.33. The topological polar surface area (TPSA) is 47.3 Å². The summed E-state index contributed by atoms with van der Waals surface area (Å²) in [6, 6.07) is 24.1. The van der Waals surface area contributed by atoms with Gasteiger partial charge in [0, 0.05) is 41.7 Å². The van der Waals surface area contributed by atoms with Crippen molar-refractivity contribution >= 4 is 29.0 Å². The van der Waals surface area contributed by atoms with Gasteiger partial charge in [0.1, 0.15) is 6.04 Å². The second-order valence-electron chi connectivity index (χ2n) is 7.13. The van der Waals surface area contributed by atoms with E-state index in [-0.39, 0.29) is 11.9 Å². The Morgan fingerprint density at radius 1 is 1.00 bits per heavy atom. The number of piperazine rings is 1. The van der Waals surface area contributed by atoms with E-state index in [1.54, 1.807) is 23.1 Å². The van der Waals surface area contributed by atoms with E-state index in [2.05, 4.69) is 28.5 Å². The molecule has 0 aliphatic carbocycles. The zero-order valence-corrected chi connectivity index (χ0v) is 18.2. The minimum Gasteiger partial charge on any atom is -0.336 e. The third kappa shape index (κ3) is 4.76. The molecular weight excluding hydrogens is 410 g/mol. The molecule has 1 saturated heterocycles. The first kappa shape index (κ1) is 20.7. The average molecular weight is 434 g/mol. The maximum atomic E-state index is 13.2. The fraction of sp³-hybridized carbons (Fsp3) is 0.250. The fourth-order valence-corrected chi connectivity index (χ4v) is 5.49. The Morgan fingerprint density at radius 2 is 1.73 bits per heavy atom. The second kappa shape index (κ2) is 9.94. The summed E-state index contributed by atoms with van der Waals surface area (Å²) in [5.41, 5.74) is 1.78. The van der Waals surface area contributed by atoms with E-state index >= 15 is 0 Å². The first-order valence-corrected chi connectivity index (χ1v) is 11.8. The number of nitriles is 1. The summed E-state index contributed by atoms with van der Waals surface area (Å²) in [6.45, 7) is 2.66. The molecule has 0 radical (unpaired) electrons. The van der Waals surface area contributed by atoms with Crippen molar-refractivity contribution < 1.29 is 4.79 Å². The molecule has 0 spiro atoms. The molecule has 0 bridgehead atoms. The molecule has 1 amide bonds. The van der Waals surface area contributed by atoms with E-state index in [0.29, 0.717) is 26.2 Å². The lowest BCUT2D eigenvalue weighted by Crippen LogP contribution is -2.49. The summed E-state index contributed by atoms with van der Waals surface area (Å²) in [5, 5.41) is 11.8. The van der Waals surface area contributed by atoms with E-state index in [9.17, 15) is 10.1 Å². The van der Waals surface area contributed by atoms with Crippen LogP contribution in [-0.2, 0) is 5.75 Å². The second-order valence-corrected chi connectivity index (χ2v) is 9.18. The molecule has 3 aromatic rings. The zero-order chi connectivity index (χ0) is 20.8. The predicted molar refractivity (Wildman–Crippen MR) is 123 cm³/mol. The maximum absolute atomic E-state index is 13.2. The first-order valence-electron chi connectivity index (χ1n) is 9.98. The third-order valence-corrected chi connectivity index (χ3v) is 7.45. The van der Waals surface area contributed by atoms with Gasteiger partial charge in [0.25, 0.3) is 5.91 Å². The standard InChI is InChI=1S/C24H23N3OS2/c25-17-22(19-7-2-1-3-8-19)26-12-14-27(15-13-26)24(28)21-10-4-5-11-23(21)30-18-20-9-6-16-29-20/h1-11,16,22H,12-15,18H2. The van der Waals surface area contributed by atoms with Gasteiger partial charge in [-0.25, -0.2) is 0 Å². The summed E-state index contributed by atoms with van der Waals surface area (Å²) >= 11 is 3.45. The zero-order valence-electron chi connectivity index (χ0n) is 16.6. The van der Waals surface area contributed by atoms with E-state index in [0.717, 1.165) is 21.8 Å². The summed E-state index contributed by atoms with van der Waals surface area (Å²) in [5.74, 6) is 0.952. The highest BCUT2D eigenvalue weighted by molar-refractivity contribution is 7.98. The molecule has 1 aliphatic heterocycles. The van der Waals surface area contributed by atoms with Crippen LogP contribution in [0.2, 0.25) is 0 Å². The van der Waals surface area contributed by atoms with Crippen molar-refractivity contribution in [3.05, 3.63) is 88.1 Å². The maximum Gasteiger partial charge on any atom is 0.255 e. The van der Waals surface area contributed by atoms with Gasteiger partial charge in [0.15, 0.2) is 0 Å². The van der Waals surface area contributed by atoms with Gasteiger partial charge in [-0.15, -0.1) is 23.1 Å². The Balaban J connectivity index is 1.40. The lowest BCUT2D eigenvalue weighted by molar-refractivity contribution is 0.0603. The normalized spacial score (nSPS) is 15.5. The minimum atomic E-state index is -0.267. The highest BCUT2D eigenvalue weighted by Gasteiger charge is 2.28. The van der Waals surface area contributed by atoms with Gasteiger partial charge in [0.05, 0.1) is 11.6 Å². The molecule has 1 unspecified atom stereocenters. The molecule has 4 rings (SSSR count). The number of carbonyl (C=O) groups excluding carboxylic acids is 1. The fourth-order valence-electron chi connectivity index (χ4n) is 3.67. The van der Waals surface area contributed by atoms with Crippen LogP contribution < -0.4 is 0 Å². The molecule has 1 fully saturated rings. The van der Waals surface area contributed by atoms with Crippen molar-refractivity contribution in [1.82, 2.24) is 9.80 Å². The molecule has 152 valence electrons. The van der Waals surface area contributed by atoms with Crippen molar-refractivity contribution in [2.24, 2.45) is 0 Å². The highest BCUT2D eigenvalue weighted by Crippen LogP contribution is 2.29. The third-order valence-electron chi connectivity index (χ3n) is 5.27. The van der Waals surface area contributed by atoms with Crippen LogP contribution in [0.3, 0.4) is 0 Å². The molecule has 0 N–H and O–H groups in total. The van der Waals surface area contributed by atoms with E-state index in [4.69, 9.17) is 0 Å². The predicted octanol–water partition coefficient (Wildman–Crippen LogP) is 5.06. The molecule has 0 saturated carbocycles. The van der Waals surface area contributed by atoms with Crippen LogP contribution in [0, 0.1) is 11.3 Å². The number of thiophene rings is 1. The Bertz CT molecular complexity index is 1010. The van der Waals surface area contributed by atoms with Crippen molar-refractivity contribution in [2.75, 3.05) is 26.2 Å². The number of hydrogen-bond donors (Lipinski definition) is 0. The number of benzene rings is 2. The molecule has 2 heterocycles. The smallest absolute Gasteiger partial charge is 0.255 e. The Kier molecular flexibility index (Phi) is 6.85. The van der Waals surface area contributed by atoms with Crippen LogP contribution in [-0.4, -0.2) is 41.9 Å². The molecule has 2 aromatic carbocycles. The van der Waals surface area contributed by atoms with E-state index < -0.39 is 0 Å². The van der Waals surface area contributed by atoms with Crippen LogP contribution >= 0.6 is 23.1 Å². The first-order chi connectivity index (χ1) is 14.8. The molecule has 1 aromatic heterocycles. The quantitative estimate of drug-likeness (QED) is 0.510. The molecule has 6 heteroatoms. The molecule has 1 aliphatic rings. The number of amides is 1. The van der Waals surface area contributed by atoms with Crippen LogP contribution in [0.4, 0.5) is 0 Å². The van der Waals surface area contributed by atoms with Gasteiger partial charge < -0.3 is 4.90 Å². The van der Waals surface area contributed by atoms with Crippen molar-refractivity contribution in [3.8, 4) is 6.07 Å². The van der Waals surface area contributed by atoms with E-state index in [1.807, 2.05) is 59.5 Å². The van der Waals surface area contributed by atoms with Crippen LogP contribution in [0.25, 0.3) is 0 Å². The summed E-state index contributed by atoms with van der Waals surface area (Å²) in [7, 11) is 0. The number of hydrogen-bond acceptors (Lipinski definition) is 5. The van der Waals surface area contributed by atoms with Crippen LogP contribution in [0.15, 0.2) is 77.0 Å². The van der Waals surface area contributed by atoms with Gasteiger partial charge in [-0.1, -0.05) is 48.5 Å². The van der Waals surface area contributed by atoms with Crippen LogP contribution in [0.1, 0.15) is 26.8 Å². The van der Waals surface area contributed by atoms with Crippen molar-refractivity contribution in [3.63, 3.8) is 0 Å². The monoisotopic (exact) mass is 433 g/mol. The Hall–Kier alpha value is -2.59.